The van der Waals surface area contributed by atoms with E-state index in [1.807, 2.05) is 20.8 Å². The molecule has 1 rings (SSSR count). The molecule has 0 spiro atoms. The Hall–Kier alpha value is -2.12. The molecule has 1 aromatic rings. The first-order valence-corrected chi connectivity index (χ1v) is 6.50. The summed E-state index contributed by atoms with van der Waals surface area (Å²) in [5.74, 6) is 0.712. The number of hydrogen-bond acceptors (Lipinski definition) is 7. The van der Waals surface area contributed by atoms with Crippen molar-refractivity contribution in [2.75, 3.05) is 37.5 Å². The quantitative estimate of drug-likeness (QED) is 0.741. The first kappa shape index (κ1) is 15.9. The van der Waals surface area contributed by atoms with Gasteiger partial charge in [0.15, 0.2) is 0 Å². The second-order valence-corrected chi connectivity index (χ2v) is 4.55. The number of nitrogens with one attached hydrogen (secondary N) is 2. The molecule has 0 saturated carbocycles. The lowest BCUT2D eigenvalue weighted by Gasteiger charge is -2.18. The fraction of sp³-hybridized carbons (Fsp3) is 0.667. The predicted octanol–water partition coefficient (Wildman–Crippen LogP) is 0.273. The zero-order chi connectivity index (χ0) is 15.1. The molecular formula is C12H22N6O2. The first-order valence-electron chi connectivity index (χ1n) is 6.50. The van der Waals surface area contributed by atoms with E-state index >= 15 is 0 Å². The Balaban J connectivity index is 2.82. The molecule has 1 heterocycles. The van der Waals surface area contributed by atoms with Crippen molar-refractivity contribution >= 4 is 17.8 Å². The third-order valence-electron chi connectivity index (χ3n) is 2.29. The molecule has 0 bridgehead atoms. The Labute approximate surface area is 119 Å². The zero-order valence-electron chi connectivity index (χ0n) is 12.6. The molecule has 0 aromatic carbocycles. The Morgan fingerprint density at radius 1 is 1.35 bits per heavy atom. The molecule has 2 N–H and O–H groups in total. The number of amides is 1. The molecule has 0 aliphatic rings. The van der Waals surface area contributed by atoms with Crippen molar-refractivity contribution < 1.29 is 9.53 Å². The van der Waals surface area contributed by atoms with Crippen molar-refractivity contribution in [2.24, 2.45) is 0 Å². The van der Waals surface area contributed by atoms with Gasteiger partial charge in [-0.25, -0.2) is 0 Å². The highest BCUT2D eigenvalue weighted by Crippen LogP contribution is 2.13. The lowest BCUT2D eigenvalue weighted by Crippen LogP contribution is -2.39. The van der Waals surface area contributed by atoms with E-state index in [0.29, 0.717) is 18.4 Å². The number of methoxy groups -OCH3 is 1. The highest BCUT2D eigenvalue weighted by Gasteiger charge is 2.14. The monoisotopic (exact) mass is 282 g/mol. The van der Waals surface area contributed by atoms with E-state index in [1.54, 1.807) is 11.9 Å². The van der Waals surface area contributed by atoms with E-state index in [1.165, 1.54) is 7.11 Å². The number of ether oxygens (including phenoxy) is 1. The fourth-order valence-electron chi connectivity index (χ4n) is 1.50. The van der Waals surface area contributed by atoms with Gasteiger partial charge in [0, 0.05) is 19.6 Å². The number of hydrogen-bond donors (Lipinski definition) is 2. The van der Waals surface area contributed by atoms with Crippen molar-refractivity contribution in [2.45, 2.75) is 26.8 Å². The first-order chi connectivity index (χ1) is 9.46. The van der Waals surface area contributed by atoms with Crippen LogP contribution in [0.2, 0.25) is 0 Å². The minimum absolute atomic E-state index is 0.0909. The Morgan fingerprint density at radius 2 is 2.05 bits per heavy atom. The predicted molar refractivity (Wildman–Crippen MR) is 77.1 cm³/mol. The van der Waals surface area contributed by atoms with E-state index in [4.69, 9.17) is 4.74 Å². The standard InChI is InChI=1S/C12H22N6O2/c1-6-13-10-15-11(17-12(16-10)20-5)18(4)7-9(19)14-8(2)3/h8H,6-7H2,1-5H3,(H,14,19)(H,13,15,16,17). The van der Waals surface area contributed by atoms with Crippen LogP contribution in [0, 0.1) is 0 Å². The lowest BCUT2D eigenvalue weighted by molar-refractivity contribution is -0.120. The number of carbonyl (C=O) groups is 1. The normalized spacial score (nSPS) is 10.3. The molecule has 0 radical (unpaired) electrons. The lowest BCUT2D eigenvalue weighted by atomic mass is 10.4. The van der Waals surface area contributed by atoms with E-state index < -0.39 is 0 Å². The summed E-state index contributed by atoms with van der Waals surface area (Å²) in [7, 11) is 3.23. The fourth-order valence-corrected chi connectivity index (χ4v) is 1.50. The average molecular weight is 282 g/mol. The van der Waals surface area contributed by atoms with E-state index in [2.05, 4.69) is 25.6 Å². The molecule has 0 unspecified atom stereocenters. The Kier molecular flexibility index (Phi) is 5.95. The minimum Gasteiger partial charge on any atom is -0.467 e. The van der Waals surface area contributed by atoms with Crippen LogP contribution >= 0.6 is 0 Å². The molecule has 0 saturated heterocycles. The van der Waals surface area contributed by atoms with Gasteiger partial charge in [-0.2, -0.15) is 15.0 Å². The molecule has 20 heavy (non-hydrogen) atoms. The topological polar surface area (TPSA) is 92.3 Å². The molecular weight excluding hydrogens is 260 g/mol. The van der Waals surface area contributed by atoms with Crippen molar-refractivity contribution in [1.82, 2.24) is 20.3 Å². The molecule has 1 amide bonds. The summed E-state index contributed by atoms with van der Waals surface area (Å²) in [5, 5.41) is 5.81. The number of carbonyl (C=O) groups excluding carboxylic acids is 1. The second kappa shape index (κ2) is 7.46. The molecule has 8 heteroatoms. The zero-order valence-corrected chi connectivity index (χ0v) is 12.6. The summed E-state index contributed by atoms with van der Waals surface area (Å²) < 4.78 is 5.03. The van der Waals surface area contributed by atoms with Crippen LogP contribution in [-0.4, -0.2) is 54.1 Å². The molecule has 0 aliphatic heterocycles. The van der Waals surface area contributed by atoms with Gasteiger partial charge in [-0.1, -0.05) is 0 Å². The molecule has 0 aliphatic carbocycles. The van der Waals surface area contributed by atoms with Gasteiger partial charge in [0.2, 0.25) is 17.8 Å². The van der Waals surface area contributed by atoms with Crippen LogP contribution in [-0.2, 0) is 4.79 Å². The van der Waals surface area contributed by atoms with Crippen molar-refractivity contribution in [1.29, 1.82) is 0 Å². The summed E-state index contributed by atoms with van der Waals surface area (Å²) in [4.78, 5) is 25.8. The van der Waals surface area contributed by atoms with Gasteiger partial charge in [0.05, 0.1) is 13.7 Å². The molecule has 8 nitrogen and oxygen atoms in total. The van der Waals surface area contributed by atoms with Gasteiger partial charge >= 0.3 is 6.01 Å². The second-order valence-electron chi connectivity index (χ2n) is 4.55. The van der Waals surface area contributed by atoms with Crippen LogP contribution in [0.3, 0.4) is 0 Å². The summed E-state index contributed by atoms with van der Waals surface area (Å²) in [6.07, 6.45) is 0. The highest BCUT2D eigenvalue weighted by atomic mass is 16.5. The number of aromatic nitrogens is 3. The van der Waals surface area contributed by atoms with Crippen LogP contribution in [0.25, 0.3) is 0 Å². The number of likely N-dealkylation sites (N-methyl/N-ethyl adjacent to an activating group) is 1. The summed E-state index contributed by atoms with van der Waals surface area (Å²) in [6, 6.07) is 0.309. The van der Waals surface area contributed by atoms with Crippen LogP contribution in [0.15, 0.2) is 0 Å². The minimum atomic E-state index is -0.0909. The van der Waals surface area contributed by atoms with Crippen LogP contribution in [0.1, 0.15) is 20.8 Å². The number of nitrogens with zero attached hydrogens (tertiary/aromatic N) is 4. The molecule has 0 fully saturated rings. The van der Waals surface area contributed by atoms with Gasteiger partial charge in [0.25, 0.3) is 0 Å². The smallest absolute Gasteiger partial charge is 0.322 e. The van der Waals surface area contributed by atoms with Gasteiger partial charge < -0.3 is 20.3 Å². The van der Waals surface area contributed by atoms with Crippen LogP contribution in [0.4, 0.5) is 11.9 Å². The summed E-state index contributed by atoms with van der Waals surface area (Å²) in [5.41, 5.74) is 0. The molecule has 0 atom stereocenters. The van der Waals surface area contributed by atoms with Gasteiger partial charge in [-0.3, -0.25) is 4.79 Å². The SMILES string of the molecule is CCNc1nc(OC)nc(N(C)CC(=O)NC(C)C)n1. The maximum Gasteiger partial charge on any atom is 0.322 e. The largest absolute Gasteiger partial charge is 0.467 e. The van der Waals surface area contributed by atoms with Crippen molar-refractivity contribution in [3.63, 3.8) is 0 Å². The Morgan fingerprint density at radius 3 is 2.60 bits per heavy atom. The van der Waals surface area contributed by atoms with Gasteiger partial charge in [0.1, 0.15) is 0 Å². The van der Waals surface area contributed by atoms with Crippen LogP contribution in [0.5, 0.6) is 6.01 Å². The van der Waals surface area contributed by atoms with E-state index in [-0.39, 0.29) is 24.5 Å². The highest BCUT2D eigenvalue weighted by molar-refractivity contribution is 5.80. The number of anilines is 2. The van der Waals surface area contributed by atoms with Crippen molar-refractivity contribution in [3.05, 3.63) is 0 Å². The third kappa shape index (κ3) is 4.87. The van der Waals surface area contributed by atoms with E-state index in [9.17, 15) is 4.79 Å². The molecule has 1 aromatic heterocycles. The summed E-state index contributed by atoms with van der Waals surface area (Å²) in [6.45, 7) is 6.61. The van der Waals surface area contributed by atoms with Crippen molar-refractivity contribution in [3.8, 4) is 6.01 Å². The maximum atomic E-state index is 11.7. The Bertz CT molecular complexity index is 452. The third-order valence-corrected chi connectivity index (χ3v) is 2.29. The van der Waals surface area contributed by atoms with E-state index in [0.717, 1.165) is 0 Å². The molecule has 112 valence electrons. The van der Waals surface area contributed by atoms with Crippen LogP contribution < -0.4 is 20.3 Å². The summed E-state index contributed by atoms with van der Waals surface area (Å²) >= 11 is 0. The number of rotatable bonds is 7. The average Bonchev–Trinajstić information content (AvgIpc) is 2.37. The van der Waals surface area contributed by atoms with Gasteiger partial charge in [-0.05, 0) is 20.8 Å². The van der Waals surface area contributed by atoms with Gasteiger partial charge in [-0.15, -0.1) is 0 Å². The maximum absolute atomic E-state index is 11.7.